The Morgan fingerprint density at radius 2 is 1.00 bits per heavy atom. The van der Waals surface area contributed by atoms with Crippen LogP contribution in [0.1, 0.15) is 0 Å². The SMILES string of the molecule is [Cl][InH4-2].[K+].[K+]. The van der Waals surface area contributed by atoms with Crippen molar-refractivity contribution in [1.82, 2.24) is 0 Å². The zero-order valence-electron chi connectivity index (χ0n) is 2.38. The van der Waals surface area contributed by atoms with Crippen molar-refractivity contribution in [2.75, 3.05) is 0 Å². The number of halogens is 1. The smallest absolute Gasteiger partial charge is 1.00 e. The Morgan fingerprint density at radius 1 is 1.00 bits per heavy atom. The normalized spacial score (nSPS) is 1.75. The zero-order valence-corrected chi connectivity index (χ0v) is 9.38. The van der Waals surface area contributed by atoms with Crippen molar-refractivity contribution in [2.45, 2.75) is 0 Å². The summed E-state index contributed by atoms with van der Waals surface area (Å²) in [5.74, 6) is 0. The van der Waals surface area contributed by atoms with Crippen molar-refractivity contribution in [1.29, 1.82) is 0 Å². The van der Waals surface area contributed by atoms with E-state index in [1.165, 1.54) is 0 Å². The first-order valence-electron chi connectivity index (χ1n) is 0.00000577. The van der Waals surface area contributed by atoms with Crippen LogP contribution >= 0.6 is 8.58 Å². The largest absolute Gasteiger partial charge is 1.00 e. The molecule has 0 aromatic heterocycles. The van der Waals surface area contributed by atoms with Gasteiger partial charge in [-0.2, -0.15) is 0 Å². The minimum absolute atomic E-state index is 0. The standard InChI is InChI=1S/ClH.In.2K.4H/h1H;;;;;;;/q;-1;2*+1;;;;/p-1. The first-order valence-corrected chi connectivity index (χ1v) is 0.000116. The summed E-state index contributed by atoms with van der Waals surface area (Å²) in [4.78, 5) is 0. The summed E-state index contributed by atoms with van der Waals surface area (Å²) in [5, 5.41) is 0. The molecule has 0 aliphatic carbocycles. The Morgan fingerprint density at radius 3 is 1.00 bits per heavy atom. The predicted molar refractivity (Wildman–Crippen MR) is 17.2 cm³/mol. The average molecular weight is 232 g/mol. The van der Waals surface area contributed by atoms with Gasteiger partial charge in [-0.25, -0.2) is 0 Å². The van der Waals surface area contributed by atoms with Gasteiger partial charge in [-0.3, -0.25) is 0 Å². The van der Waals surface area contributed by atoms with Crippen LogP contribution in [0.25, 0.3) is 0 Å². The fourth-order valence-corrected chi connectivity index (χ4v) is 0. The van der Waals surface area contributed by atoms with E-state index in [-0.39, 0.29) is 126 Å². The molecule has 0 aromatic rings. The first-order chi connectivity index (χ1) is 1.00. The monoisotopic (exact) mass is 232 g/mol. The van der Waals surface area contributed by atoms with Crippen LogP contribution in [0, 0.1) is 0 Å². The summed E-state index contributed by atoms with van der Waals surface area (Å²) in [6.45, 7) is 0. The van der Waals surface area contributed by atoms with Gasteiger partial charge in [-0.1, -0.05) is 0 Å². The molecule has 0 amide bonds. The van der Waals surface area contributed by atoms with Gasteiger partial charge in [-0.05, 0) is 0 Å². The van der Waals surface area contributed by atoms with Gasteiger partial charge in [-0.15, -0.1) is 0 Å². The Balaban J connectivity index is -0.00000000500. The molecule has 0 heterocycles. The van der Waals surface area contributed by atoms with E-state index in [4.69, 9.17) is 8.58 Å². The first kappa shape index (κ1) is 15.8. The summed E-state index contributed by atoms with van der Waals surface area (Å²) in [6.07, 6.45) is 0. The van der Waals surface area contributed by atoms with Gasteiger partial charge in [0.25, 0.3) is 0 Å². The van der Waals surface area contributed by atoms with Crippen molar-refractivity contribution in [3.8, 4) is 0 Å². The van der Waals surface area contributed by atoms with E-state index in [2.05, 4.69) is 0 Å². The molecule has 0 atom stereocenters. The maximum atomic E-state index is 4.93. The molecule has 0 bridgehead atoms. The summed E-state index contributed by atoms with van der Waals surface area (Å²) < 4.78 is 0. The van der Waals surface area contributed by atoms with Crippen LogP contribution in [-0.2, 0) is 0 Å². The van der Waals surface area contributed by atoms with Crippen LogP contribution in [0.4, 0.5) is 0 Å². The molecule has 0 rings (SSSR count). The molecule has 0 aliphatic heterocycles. The van der Waals surface area contributed by atoms with Gasteiger partial charge >= 0.3 is 135 Å². The van der Waals surface area contributed by atoms with E-state index in [0.29, 0.717) is 0 Å². The minimum atomic E-state index is 0. The van der Waals surface area contributed by atoms with Crippen LogP contribution in [0.15, 0.2) is 0 Å². The molecule has 0 aliphatic rings. The van der Waals surface area contributed by atoms with Gasteiger partial charge in [0.15, 0.2) is 0 Å². The van der Waals surface area contributed by atoms with Crippen molar-refractivity contribution in [3.63, 3.8) is 0 Å². The topological polar surface area (TPSA) is 0 Å². The predicted octanol–water partition coefficient (Wildman–Crippen LogP) is -6.75. The van der Waals surface area contributed by atoms with Crippen molar-refractivity contribution >= 4 is 31.8 Å². The molecule has 16 valence electrons. The molecule has 0 aromatic carbocycles. The maximum Gasteiger partial charge on any atom is 1.00 e. The van der Waals surface area contributed by atoms with Crippen LogP contribution in [0.2, 0.25) is 0 Å². The summed E-state index contributed by atoms with van der Waals surface area (Å²) >= 11 is 0.0222. The third-order valence-electron chi connectivity index (χ3n) is 0. The van der Waals surface area contributed by atoms with E-state index < -0.39 is 0 Å². The molecule has 0 saturated carbocycles. The van der Waals surface area contributed by atoms with Gasteiger partial charge in [0.2, 0.25) is 0 Å². The molecule has 0 spiro atoms. The van der Waals surface area contributed by atoms with Crippen molar-refractivity contribution in [2.24, 2.45) is 0 Å². The Hall–Kier alpha value is 4.43. The van der Waals surface area contributed by atoms with E-state index in [0.717, 1.165) is 0 Å². The Labute approximate surface area is 130 Å². The third kappa shape index (κ3) is 9.66. The van der Waals surface area contributed by atoms with E-state index in [9.17, 15) is 0 Å². The molecule has 0 saturated heterocycles. The maximum absolute atomic E-state index is 4.93. The van der Waals surface area contributed by atoms with Gasteiger partial charge in [0.05, 0.1) is 0 Å². The molecule has 0 fully saturated rings. The fourth-order valence-electron chi connectivity index (χ4n) is 0. The Bertz CT molecular complexity index is 6.00. The zero-order chi connectivity index (χ0) is 2.00. The van der Waals surface area contributed by atoms with E-state index in [1.807, 2.05) is 0 Å². The molecule has 0 unspecified atom stereocenters. The summed E-state index contributed by atoms with van der Waals surface area (Å²) in [6, 6.07) is 0. The third-order valence-corrected chi connectivity index (χ3v) is 0. The van der Waals surface area contributed by atoms with Crippen LogP contribution in [0.5, 0.6) is 0 Å². The van der Waals surface area contributed by atoms with Gasteiger partial charge in [0, 0.05) is 0 Å². The average Bonchev–Trinajstić information content (AvgIpc) is 1.00. The minimum Gasteiger partial charge on any atom is 1.00 e. The Kier molecular flexibility index (Phi) is 61.8. The summed E-state index contributed by atoms with van der Waals surface area (Å²) in [5.41, 5.74) is 0. The number of hydrogen-bond acceptors (Lipinski definition) is 0. The fraction of sp³-hybridized carbons (Fsp3) is 0. The second kappa shape index (κ2) is 15.7. The van der Waals surface area contributed by atoms with Crippen molar-refractivity contribution < 1.29 is 103 Å². The number of rotatable bonds is 0. The molecular weight excluding hydrogens is 228 g/mol. The molecular formula is H4ClInK2. The molecule has 4 heavy (non-hydrogen) atoms. The summed E-state index contributed by atoms with van der Waals surface area (Å²) in [7, 11) is 4.93. The second-order valence-corrected chi connectivity index (χ2v) is 0. The van der Waals surface area contributed by atoms with Crippen molar-refractivity contribution in [3.05, 3.63) is 0 Å². The van der Waals surface area contributed by atoms with E-state index >= 15 is 0 Å². The molecule has 0 N–H and O–H groups in total. The molecule has 0 nitrogen and oxygen atoms in total. The van der Waals surface area contributed by atoms with Crippen LogP contribution in [-0.4, -0.2) is 23.2 Å². The quantitative estimate of drug-likeness (QED) is 0.364. The van der Waals surface area contributed by atoms with Gasteiger partial charge in [0.1, 0.15) is 0 Å². The van der Waals surface area contributed by atoms with Gasteiger partial charge < -0.3 is 0 Å². The second-order valence-electron chi connectivity index (χ2n) is 0. The van der Waals surface area contributed by atoms with Crippen LogP contribution < -0.4 is 103 Å². The van der Waals surface area contributed by atoms with E-state index in [1.54, 1.807) is 0 Å². The molecule has 4 heteroatoms. The molecule has 0 radical (unpaired) electrons. The number of hydrogen-bond donors (Lipinski definition) is 0. The van der Waals surface area contributed by atoms with Crippen LogP contribution in [0.3, 0.4) is 0 Å².